The van der Waals surface area contributed by atoms with Gasteiger partial charge in [-0.25, -0.2) is 4.79 Å². The number of hydrogen-bond donors (Lipinski definition) is 9. The van der Waals surface area contributed by atoms with Crippen molar-refractivity contribution in [3.05, 3.63) is 83.1 Å². The maximum absolute atomic E-state index is 13.4. The second-order valence-corrected chi connectivity index (χ2v) is 13.4. The van der Waals surface area contributed by atoms with Gasteiger partial charge in [0.15, 0.2) is 12.6 Å². The maximum atomic E-state index is 13.4. The molecule has 2 aromatic rings. The molecule has 0 saturated carbocycles. The molecular weight excluding hydrogens is 744 g/mol. The Morgan fingerprint density at radius 3 is 1.88 bits per heavy atom. The van der Waals surface area contributed by atoms with Gasteiger partial charge in [-0.3, -0.25) is 4.79 Å². The van der Waals surface area contributed by atoms with E-state index in [0.717, 1.165) is 17.4 Å². The summed E-state index contributed by atoms with van der Waals surface area (Å²) in [6.45, 7) is 0.298. The number of allylic oxidation sites excluding steroid dienone is 1. The van der Waals surface area contributed by atoms with Crippen LogP contribution in [0.25, 0.3) is 0 Å². The molecule has 5 rings (SSSR count). The molecule has 9 N–H and O–H groups in total. The molecule has 18 nitrogen and oxygen atoms in total. The van der Waals surface area contributed by atoms with Crippen molar-refractivity contribution >= 4 is 11.9 Å². The molecule has 2 saturated heterocycles. The molecule has 0 aliphatic carbocycles. The van der Waals surface area contributed by atoms with Crippen molar-refractivity contribution in [1.82, 2.24) is 0 Å². The highest BCUT2D eigenvalue weighted by Gasteiger charge is 2.47. The van der Waals surface area contributed by atoms with Gasteiger partial charge in [0.2, 0.25) is 6.29 Å². The van der Waals surface area contributed by atoms with Crippen LogP contribution in [0.1, 0.15) is 24.5 Å². The highest BCUT2D eigenvalue weighted by atomic mass is 16.8. The average Bonchev–Trinajstić information content (AvgIpc) is 3.19. The van der Waals surface area contributed by atoms with Gasteiger partial charge >= 0.3 is 11.9 Å². The fourth-order valence-corrected chi connectivity index (χ4v) is 6.38. The van der Waals surface area contributed by atoms with Crippen molar-refractivity contribution in [2.24, 2.45) is 5.92 Å². The fraction of sp³-hybridized carbons (Fsp3) is 0.526. The molecule has 0 aromatic heterocycles. The molecule has 12 atom stereocenters. The van der Waals surface area contributed by atoms with E-state index in [1.165, 1.54) is 30.3 Å². The van der Waals surface area contributed by atoms with Crippen LogP contribution in [0.5, 0.6) is 11.5 Å². The standard InChI is InChI=1S/C38H48O18/c1-2-23-24(15-28(42)53-22-9-5-20(6-10-22)12-14-51-37-33(47)31(45)29(43)26(16-39)54-37)25(35(49)50-13-11-19-3-7-21(41)8-4-19)18-52-36(23)56-38-34(48)32(46)30(44)27(17-40)55-38/h2-10,18,24,26-27,29-34,36-41,43-48H,11-17H2,1H3/t24-,26+,27+,29+,30+,31-,32-,33+,34+,36-,37+,38-/m0/s1. The predicted octanol–water partition coefficient (Wildman–Crippen LogP) is -1.55. The van der Waals surface area contributed by atoms with Gasteiger partial charge in [0.05, 0.1) is 44.7 Å². The smallest absolute Gasteiger partial charge is 0.337 e. The van der Waals surface area contributed by atoms with Crippen LogP contribution in [0.2, 0.25) is 0 Å². The van der Waals surface area contributed by atoms with Gasteiger partial charge < -0.3 is 79.1 Å². The molecule has 56 heavy (non-hydrogen) atoms. The normalized spacial score (nSPS) is 32.7. The molecule has 0 amide bonds. The second kappa shape index (κ2) is 19.9. The number of esters is 2. The zero-order valence-electron chi connectivity index (χ0n) is 30.4. The van der Waals surface area contributed by atoms with E-state index in [0.29, 0.717) is 12.8 Å². The molecule has 3 aliphatic heterocycles. The summed E-state index contributed by atoms with van der Waals surface area (Å²) in [7, 11) is 0. The molecule has 0 radical (unpaired) electrons. The summed E-state index contributed by atoms with van der Waals surface area (Å²) in [5.41, 5.74) is 1.72. The number of aromatic hydroxyl groups is 1. The van der Waals surface area contributed by atoms with Crippen molar-refractivity contribution in [2.45, 2.75) is 93.9 Å². The lowest BCUT2D eigenvalue weighted by atomic mass is 9.86. The van der Waals surface area contributed by atoms with E-state index in [2.05, 4.69) is 0 Å². The number of carbonyl (C=O) groups excluding carboxylic acids is 2. The van der Waals surface area contributed by atoms with Crippen molar-refractivity contribution in [3.63, 3.8) is 0 Å². The number of aliphatic hydroxyl groups excluding tert-OH is 8. The Hall–Kier alpha value is -4.02. The van der Waals surface area contributed by atoms with Crippen molar-refractivity contribution in [1.29, 1.82) is 0 Å². The van der Waals surface area contributed by atoms with E-state index in [1.807, 2.05) is 0 Å². The molecule has 0 bridgehead atoms. The van der Waals surface area contributed by atoms with Crippen LogP contribution in [0, 0.1) is 5.92 Å². The van der Waals surface area contributed by atoms with E-state index < -0.39 is 105 Å². The zero-order chi connectivity index (χ0) is 40.5. The number of ether oxygens (including phenoxy) is 7. The Morgan fingerprint density at radius 1 is 0.732 bits per heavy atom. The first-order chi connectivity index (χ1) is 26.8. The fourth-order valence-electron chi connectivity index (χ4n) is 6.38. The first-order valence-electron chi connectivity index (χ1n) is 18.0. The monoisotopic (exact) mass is 792 g/mol. The number of carbonyl (C=O) groups is 2. The Labute approximate surface area is 321 Å². The Kier molecular flexibility index (Phi) is 15.3. The van der Waals surface area contributed by atoms with Gasteiger partial charge in [-0.05, 0) is 48.7 Å². The predicted molar refractivity (Wildman–Crippen MR) is 188 cm³/mol. The van der Waals surface area contributed by atoms with Crippen molar-refractivity contribution in [3.8, 4) is 11.5 Å². The van der Waals surface area contributed by atoms with E-state index in [4.69, 9.17) is 33.2 Å². The van der Waals surface area contributed by atoms with Crippen LogP contribution in [0.4, 0.5) is 0 Å². The SMILES string of the molecule is CC=C1[C@H](O[C@@H]2O[C@H](CO)[C@@H](O)[C@H](O)[C@H]2O)OC=C(C(=O)OCCc2ccc(O)cc2)[C@H]1CC(=O)Oc1ccc(CCO[C@@H]2O[C@H](CO)[C@@H](O)[C@H](O)[C@H]2O)cc1. The van der Waals surface area contributed by atoms with Gasteiger partial charge in [0.25, 0.3) is 0 Å². The van der Waals surface area contributed by atoms with E-state index in [-0.39, 0.29) is 35.9 Å². The van der Waals surface area contributed by atoms with Gasteiger partial charge in [0, 0.05) is 17.9 Å². The highest BCUT2D eigenvalue weighted by molar-refractivity contribution is 5.91. The highest BCUT2D eigenvalue weighted by Crippen LogP contribution is 2.36. The average molecular weight is 793 g/mol. The first-order valence-corrected chi connectivity index (χ1v) is 18.0. The van der Waals surface area contributed by atoms with Gasteiger partial charge in [-0.15, -0.1) is 0 Å². The molecule has 0 spiro atoms. The van der Waals surface area contributed by atoms with Crippen LogP contribution in [-0.4, -0.2) is 152 Å². The Morgan fingerprint density at radius 2 is 1.29 bits per heavy atom. The lowest BCUT2D eigenvalue weighted by molar-refractivity contribution is -0.327. The summed E-state index contributed by atoms with van der Waals surface area (Å²) < 4.78 is 39.0. The minimum atomic E-state index is -1.75. The van der Waals surface area contributed by atoms with Crippen LogP contribution in [-0.2, 0) is 50.9 Å². The number of phenols is 1. The largest absolute Gasteiger partial charge is 0.508 e. The first kappa shape index (κ1) is 43.1. The molecule has 3 aliphatic rings. The topological polar surface area (TPSA) is 281 Å². The van der Waals surface area contributed by atoms with Gasteiger partial charge in [-0.1, -0.05) is 30.3 Å². The molecule has 308 valence electrons. The summed E-state index contributed by atoms with van der Waals surface area (Å²) in [4.78, 5) is 26.8. The number of rotatable bonds is 15. The van der Waals surface area contributed by atoms with Crippen LogP contribution < -0.4 is 4.74 Å². The van der Waals surface area contributed by atoms with Gasteiger partial charge in [-0.2, -0.15) is 0 Å². The van der Waals surface area contributed by atoms with Crippen LogP contribution in [0.15, 0.2) is 72.0 Å². The maximum Gasteiger partial charge on any atom is 0.337 e. The molecular formula is C38H48O18. The van der Waals surface area contributed by atoms with Crippen LogP contribution in [0.3, 0.4) is 0 Å². The molecule has 2 aromatic carbocycles. The summed E-state index contributed by atoms with van der Waals surface area (Å²) in [5.74, 6) is -2.35. The minimum absolute atomic E-state index is 0.0320. The second-order valence-electron chi connectivity index (χ2n) is 13.4. The number of aliphatic hydroxyl groups is 8. The third-order valence-corrected chi connectivity index (χ3v) is 9.65. The van der Waals surface area contributed by atoms with E-state index in [9.17, 15) is 55.5 Å². The molecule has 2 fully saturated rings. The van der Waals surface area contributed by atoms with Gasteiger partial charge in [0.1, 0.15) is 60.3 Å². The summed E-state index contributed by atoms with van der Waals surface area (Å²) in [6.07, 6.45) is -13.5. The minimum Gasteiger partial charge on any atom is -0.508 e. The molecule has 18 heteroatoms. The molecule has 0 unspecified atom stereocenters. The van der Waals surface area contributed by atoms with Crippen molar-refractivity contribution in [2.75, 3.05) is 26.4 Å². The van der Waals surface area contributed by atoms with E-state index in [1.54, 1.807) is 31.2 Å². The summed E-state index contributed by atoms with van der Waals surface area (Å²) in [6, 6.07) is 12.7. The summed E-state index contributed by atoms with van der Waals surface area (Å²) in [5, 5.41) is 89.6. The summed E-state index contributed by atoms with van der Waals surface area (Å²) >= 11 is 0. The Balaban J connectivity index is 1.23. The van der Waals surface area contributed by atoms with E-state index >= 15 is 0 Å². The molecule has 3 heterocycles. The van der Waals surface area contributed by atoms with Crippen molar-refractivity contribution < 1.29 is 88.7 Å². The third-order valence-electron chi connectivity index (χ3n) is 9.65. The number of benzene rings is 2. The lowest BCUT2D eigenvalue weighted by Gasteiger charge is -2.41. The number of phenolic OH excluding ortho intramolecular Hbond substituents is 1. The number of hydrogen-bond acceptors (Lipinski definition) is 18. The third kappa shape index (κ3) is 10.5. The quantitative estimate of drug-likeness (QED) is 0.0561. The van der Waals surface area contributed by atoms with Crippen LogP contribution >= 0.6 is 0 Å². The Bertz CT molecular complexity index is 1640. The zero-order valence-corrected chi connectivity index (χ0v) is 30.4. The lowest BCUT2D eigenvalue weighted by Crippen LogP contribution is -2.60.